The van der Waals surface area contributed by atoms with Gasteiger partial charge in [0, 0.05) is 35.7 Å². The van der Waals surface area contributed by atoms with Crippen molar-refractivity contribution in [1.82, 2.24) is 9.78 Å². The summed E-state index contributed by atoms with van der Waals surface area (Å²) >= 11 is -2.15. The molecule has 2 heterocycles. The van der Waals surface area contributed by atoms with Crippen molar-refractivity contribution in [3.05, 3.63) is 83.2 Å². The van der Waals surface area contributed by atoms with Gasteiger partial charge in [-0.05, 0) is 17.7 Å². The fourth-order valence-corrected chi connectivity index (χ4v) is 3.84. The lowest BCUT2D eigenvalue weighted by Gasteiger charge is -2.27. The molecule has 1 aliphatic rings. The Labute approximate surface area is 164 Å². The Hall–Kier alpha value is -3.03. The van der Waals surface area contributed by atoms with Crippen LogP contribution in [0.5, 0.6) is 5.75 Å². The zero-order valence-electron chi connectivity index (χ0n) is 15.1. The van der Waals surface area contributed by atoms with Crippen LogP contribution in [0.15, 0.2) is 60.8 Å². The second kappa shape index (κ2) is 7.53. The van der Waals surface area contributed by atoms with Crippen molar-refractivity contribution in [2.45, 2.75) is 11.7 Å². The Morgan fingerprint density at radius 1 is 1.18 bits per heavy atom. The molecular formula is C21H17N2O4S-. The van der Waals surface area contributed by atoms with Gasteiger partial charge >= 0.3 is 0 Å². The Morgan fingerprint density at radius 3 is 2.57 bits per heavy atom. The third-order valence-electron chi connectivity index (χ3n) is 4.65. The molecule has 0 aliphatic carbocycles. The highest BCUT2D eigenvalue weighted by Crippen LogP contribution is 2.45. The van der Waals surface area contributed by atoms with Crippen LogP contribution in [0.2, 0.25) is 0 Å². The average Bonchev–Trinajstić information content (AvgIpc) is 3.12. The Morgan fingerprint density at radius 2 is 1.93 bits per heavy atom. The van der Waals surface area contributed by atoms with Crippen LogP contribution in [-0.4, -0.2) is 24.8 Å². The molecule has 0 fully saturated rings. The monoisotopic (exact) mass is 393 g/mol. The fourth-order valence-electron chi connectivity index (χ4n) is 3.37. The molecule has 0 spiro atoms. The molecule has 2 aromatic carbocycles. The zero-order valence-corrected chi connectivity index (χ0v) is 15.9. The summed E-state index contributed by atoms with van der Waals surface area (Å²) in [6, 6.07) is 16.4. The number of hydrogen-bond donors (Lipinski definition) is 0. The third kappa shape index (κ3) is 3.42. The number of allylic oxidation sites excluding steroid dienone is 1. The molecule has 0 N–H and O–H groups in total. The molecule has 1 aromatic heterocycles. The molecular weight excluding hydrogens is 376 g/mol. The number of aldehydes is 1. The van der Waals surface area contributed by atoms with Crippen LogP contribution in [0.25, 0.3) is 11.3 Å². The smallest absolute Gasteiger partial charge is 0.141 e. The highest BCUT2D eigenvalue weighted by atomic mass is 32.2. The minimum absolute atomic E-state index is 0.0485. The summed E-state index contributed by atoms with van der Waals surface area (Å²) in [6.45, 7) is 0. The van der Waals surface area contributed by atoms with Gasteiger partial charge in [0.2, 0.25) is 0 Å². The second-order valence-electron chi connectivity index (χ2n) is 6.52. The number of fused-ring (bicyclic) bond motifs is 1. The highest BCUT2D eigenvalue weighted by molar-refractivity contribution is 7.78. The van der Waals surface area contributed by atoms with Crippen molar-refractivity contribution in [2.24, 2.45) is 7.05 Å². The van der Waals surface area contributed by atoms with Crippen LogP contribution >= 0.6 is 0 Å². The van der Waals surface area contributed by atoms with Crippen molar-refractivity contribution in [1.29, 1.82) is 0 Å². The van der Waals surface area contributed by atoms with Crippen LogP contribution < -0.4 is 4.74 Å². The molecule has 4 rings (SSSR count). The molecule has 1 aliphatic heterocycles. The number of aryl methyl sites for hydroxylation is 1. The largest absolute Gasteiger partial charge is 0.772 e. The standard InChI is InChI=1S/C21H18N2O4S/c1-23-11-10-18(22-23)20-17(12-24)16-4-2-3-5-19(16)27-21(20)15-8-6-14(7-9-15)13-28(25)26/h2-12,17H,13H2,1H3,(H,25,26)/p-1. The number of rotatable bonds is 5. The van der Waals surface area contributed by atoms with E-state index in [1.807, 2.05) is 43.6 Å². The van der Waals surface area contributed by atoms with Gasteiger partial charge in [0.15, 0.2) is 0 Å². The highest BCUT2D eigenvalue weighted by Gasteiger charge is 2.32. The van der Waals surface area contributed by atoms with E-state index in [1.165, 1.54) is 0 Å². The normalized spacial score (nSPS) is 17.0. The maximum absolute atomic E-state index is 12.1. The van der Waals surface area contributed by atoms with Gasteiger partial charge in [-0.15, -0.1) is 0 Å². The number of benzene rings is 2. The first-order valence-corrected chi connectivity index (χ1v) is 9.92. The third-order valence-corrected chi connectivity index (χ3v) is 5.22. The van der Waals surface area contributed by atoms with Crippen LogP contribution in [0, 0.1) is 0 Å². The van der Waals surface area contributed by atoms with E-state index in [1.54, 1.807) is 28.9 Å². The van der Waals surface area contributed by atoms with E-state index in [-0.39, 0.29) is 5.75 Å². The molecule has 2 atom stereocenters. The lowest BCUT2D eigenvalue weighted by atomic mass is 9.85. The Kier molecular flexibility index (Phi) is 4.93. The predicted molar refractivity (Wildman–Crippen MR) is 105 cm³/mol. The van der Waals surface area contributed by atoms with Gasteiger partial charge in [0.1, 0.15) is 17.8 Å². The summed E-state index contributed by atoms with van der Waals surface area (Å²) in [5.74, 6) is 0.611. The molecule has 142 valence electrons. The molecule has 2 unspecified atom stereocenters. The van der Waals surface area contributed by atoms with Crippen LogP contribution in [-0.2, 0) is 28.7 Å². The topological polar surface area (TPSA) is 84.3 Å². The van der Waals surface area contributed by atoms with Gasteiger partial charge in [-0.3, -0.25) is 8.89 Å². The maximum Gasteiger partial charge on any atom is 0.141 e. The number of ether oxygens (including phenoxy) is 1. The van der Waals surface area contributed by atoms with Crippen molar-refractivity contribution >= 4 is 28.7 Å². The molecule has 0 amide bonds. The van der Waals surface area contributed by atoms with Crippen molar-refractivity contribution < 1.29 is 18.3 Å². The lowest BCUT2D eigenvalue weighted by molar-refractivity contribution is -0.108. The molecule has 3 aromatic rings. The SMILES string of the molecule is Cn1ccc(C2=C(c3ccc(CS(=O)[O-])cc3)Oc3ccccc3C2C=O)n1. The summed E-state index contributed by atoms with van der Waals surface area (Å²) in [5, 5.41) is 4.48. The van der Waals surface area contributed by atoms with E-state index >= 15 is 0 Å². The lowest BCUT2D eigenvalue weighted by Crippen LogP contribution is -2.16. The number of aromatic nitrogens is 2. The molecule has 0 radical (unpaired) electrons. The van der Waals surface area contributed by atoms with Gasteiger partial charge in [0.25, 0.3) is 0 Å². The van der Waals surface area contributed by atoms with E-state index in [2.05, 4.69) is 5.10 Å². The van der Waals surface area contributed by atoms with Crippen LogP contribution in [0.1, 0.15) is 28.3 Å². The van der Waals surface area contributed by atoms with Crippen LogP contribution in [0.3, 0.4) is 0 Å². The molecule has 0 bridgehead atoms. The molecule has 0 saturated heterocycles. The molecule has 7 heteroatoms. The minimum Gasteiger partial charge on any atom is -0.772 e. The van der Waals surface area contributed by atoms with E-state index in [0.29, 0.717) is 28.3 Å². The van der Waals surface area contributed by atoms with Crippen LogP contribution in [0.4, 0.5) is 0 Å². The first-order chi connectivity index (χ1) is 13.6. The number of nitrogens with zero attached hydrogens (tertiary/aromatic N) is 2. The molecule has 28 heavy (non-hydrogen) atoms. The Balaban J connectivity index is 1.88. The number of hydrogen-bond acceptors (Lipinski definition) is 5. The number of para-hydroxylation sites is 1. The second-order valence-corrected chi connectivity index (χ2v) is 7.41. The van der Waals surface area contributed by atoms with Gasteiger partial charge in [-0.1, -0.05) is 53.5 Å². The fraction of sp³-hybridized carbons (Fsp3) is 0.143. The molecule has 6 nitrogen and oxygen atoms in total. The Bertz CT molecular complexity index is 1090. The molecule has 0 saturated carbocycles. The maximum atomic E-state index is 12.1. The number of carbonyl (C=O) groups excluding carboxylic acids is 1. The summed E-state index contributed by atoms with van der Waals surface area (Å²) in [5.41, 5.74) is 3.58. The van der Waals surface area contributed by atoms with Crippen molar-refractivity contribution in [3.63, 3.8) is 0 Å². The summed E-state index contributed by atoms with van der Waals surface area (Å²) in [6.07, 6.45) is 2.72. The minimum atomic E-state index is -2.15. The first-order valence-electron chi connectivity index (χ1n) is 8.68. The van der Waals surface area contributed by atoms with Gasteiger partial charge in [-0.25, -0.2) is 0 Å². The van der Waals surface area contributed by atoms with Crippen molar-refractivity contribution in [2.75, 3.05) is 0 Å². The predicted octanol–water partition coefficient (Wildman–Crippen LogP) is 3.04. The first kappa shape index (κ1) is 18.3. The van der Waals surface area contributed by atoms with E-state index in [9.17, 15) is 13.6 Å². The van der Waals surface area contributed by atoms with Gasteiger partial charge in [0.05, 0.1) is 11.6 Å². The van der Waals surface area contributed by atoms with Gasteiger partial charge in [-0.2, -0.15) is 5.10 Å². The summed E-state index contributed by atoms with van der Waals surface area (Å²) < 4.78 is 29.7. The van der Waals surface area contributed by atoms with Crippen molar-refractivity contribution in [3.8, 4) is 5.75 Å². The quantitative estimate of drug-likeness (QED) is 0.491. The van der Waals surface area contributed by atoms with E-state index in [0.717, 1.165) is 17.4 Å². The van der Waals surface area contributed by atoms with E-state index in [4.69, 9.17) is 4.74 Å². The zero-order chi connectivity index (χ0) is 19.7. The van der Waals surface area contributed by atoms with Gasteiger partial charge < -0.3 is 14.1 Å². The average molecular weight is 393 g/mol. The number of carbonyl (C=O) groups is 1. The van der Waals surface area contributed by atoms with E-state index < -0.39 is 17.0 Å². The summed E-state index contributed by atoms with van der Waals surface area (Å²) in [4.78, 5) is 12.1. The summed E-state index contributed by atoms with van der Waals surface area (Å²) in [7, 11) is 1.81.